The van der Waals surface area contributed by atoms with E-state index in [1.54, 1.807) is 11.1 Å². The van der Waals surface area contributed by atoms with Crippen LogP contribution in [0.15, 0.2) is 18.5 Å². The summed E-state index contributed by atoms with van der Waals surface area (Å²) in [6.07, 6.45) is 9.20. The third-order valence-corrected chi connectivity index (χ3v) is 7.15. The third-order valence-electron chi connectivity index (χ3n) is 7.15. The fourth-order valence-electron chi connectivity index (χ4n) is 5.33. The molecule has 3 saturated heterocycles. The van der Waals surface area contributed by atoms with Crippen molar-refractivity contribution in [2.75, 3.05) is 44.2 Å². The standard InChI is InChI=1S/C23H32N6O2/c1-16-14-29(18-4-9-27(10-5-18)15-17-2-7-24-8-3-17)22-20(16)12-19(13-25-22)28-11-6-21(30)26-23(28)31/h12-14,17-18,24H,2-11,15H2,1H3,(H,26,30,31). The number of rotatable bonds is 4. The molecule has 3 fully saturated rings. The van der Waals surface area contributed by atoms with Gasteiger partial charge in [0.05, 0.1) is 11.9 Å². The van der Waals surface area contributed by atoms with Crippen LogP contribution >= 0.6 is 0 Å². The van der Waals surface area contributed by atoms with Crippen LogP contribution in [0.4, 0.5) is 10.5 Å². The second-order valence-electron chi connectivity index (χ2n) is 9.26. The minimum absolute atomic E-state index is 0.218. The molecule has 3 amide bonds. The van der Waals surface area contributed by atoms with E-state index in [1.165, 1.54) is 38.0 Å². The second kappa shape index (κ2) is 8.59. The van der Waals surface area contributed by atoms with Crippen molar-refractivity contribution in [3.63, 3.8) is 0 Å². The van der Waals surface area contributed by atoms with Crippen LogP contribution in [0.1, 0.15) is 43.7 Å². The average molecular weight is 425 g/mol. The highest BCUT2D eigenvalue weighted by Crippen LogP contribution is 2.31. The molecule has 8 heteroatoms. The van der Waals surface area contributed by atoms with Gasteiger partial charge in [0.25, 0.3) is 0 Å². The summed E-state index contributed by atoms with van der Waals surface area (Å²) in [5, 5.41) is 6.93. The number of hydrogen-bond donors (Lipinski definition) is 2. The van der Waals surface area contributed by atoms with Crippen LogP contribution < -0.4 is 15.5 Å². The molecule has 3 aliphatic rings. The third kappa shape index (κ3) is 4.19. The fraction of sp³-hybridized carbons (Fsp3) is 0.609. The number of fused-ring (bicyclic) bond motifs is 1. The van der Waals surface area contributed by atoms with Gasteiger partial charge in [-0.25, -0.2) is 9.78 Å². The first-order valence-electron chi connectivity index (χ1n) is 11.6. The van der Waals surface area contributed by atoms with E-state index in [1.807, 2.05) is 6.07 Å². The Morgan fingerprint density at radius 3 is 2.61 bits per heavy atom. The first-order chi connectivity index (χ1) is 15.1. The van der Waals surface area contributed by atoms with Crippen LogP contribution in [0.3, 0.4) is 0 Å². The molecule has 2 N–H and O–H groups in total. The Morgan fingerprint density at radius 1 is 1.10 bits per heavy atom. The van der Waals surface area contributed by atoms with Gasteiger partial charge in [0, 0.05) is 50.2 Å². The van der Waals surface area contributed by atoms with Gasteiger partial charge in [-0.2, -0.15) is 0 Å². The molecule has 0 radical (unpaired) electrons. The number of nitrogens with zero attached hydrogens (tertiary/aromatic N) is 4. The average Bonchev–Trinajstić information content (AvgIpc) is 3.11. The van der Waals surface area contributed by atoms with Crippen molar-refractivity contribution in [3.05, 3.63) is 24.0 Å². The van der Waals surface area contributed by atoms with E-state index in [2.05, 4.69) is 33.2 Å². The largest absolute Gasteiger partial charge is 0.329 e. The summed E-state index contributed by atoms with van der Waals surface area (Å²) in [4.78, 5) is 32.7. The zero-order chi connectivity index (χ0) is 21.4. The summed E-state index contributed by atoms with van der Waals surface area (Å²) >= 11 is 0. The van der Waals surface area contributed by atoms with Gasteiger partial charge < -0.3 is 14.8 Å². The van der Waals surface area contributed by atoms with E-state index in [-0.39, 0.29) is 11.9 Å². The lowest BCUT2D eigenvalue weighted by Crippen LogP contribution is -2.49. The van der Waals surface area contributed by atoms with E-state index in [0.717, 1.165) is 48.6 Å². The molecule has 2 aromatic rings. The molecule has 166 valence electrons. The number of hydrogen-bond acceptors (Lipinski definition) is 5. The van der Waals surface area contributed by atoms with Crippen molar-refractivity contribution in [1.29, 1.82) is 0 Å². The van der Waals surface area contributed by atoms with Gasteiger partial charge >= 0.3 is 6.03 Å². The highest BCUT2D eigenvalue weighted by Gasteiger charge is 2.27. The molecule has 0 atom stereocenters. The van der Waals surface area contributed by atoms with Crippen LogP contribution in [0, 0.1) is 12.8 Å². The van der Waals surface area contributed by atoms with Crippen molar-refractivity contribution in [3.8, 4) is 0 Å². The molecular formula is C23H32N6O2. The Hall–Kier alpha value is -2.45. The van der Waals surface area contributed by atoms with E-state index < -0.39 is 0 Å². The molecule has 2 aromatic heterocycles. The molecule has 0 aliphatic carbocycles. The van der Waals surface area contributed by atoms with Crippen molar-refractivity contribution >= 4 is 28.7 Å². The van der Waals surface area contributed by atoms with Crippen LogP contribution in [-0.2, 0) is 4.79 Å². The first kappa shape index (κ1) is 20.5. The van der Waals surface area contributed by atoms with Crippen molar-refractivity contribution < 1.29 is 9.59 Å². The second-order valence-corrected chi connectivity index (χ2v) is 9.26. The fourth-order valence-corrected chi connectivity index (χ4v) is 5.33. The molecule has 0 saturated carbocycles. The van der Waals surface area contributed by atoms with Gasteiger partial charge in [-0.15, -0.1) is 0 Å². The van der Waals surface area contributed by atoms with Gasteiger partial charge in [-0.3, -0.25) is 15.0 Å². The van der Waals surface area contributed by atoms with Crippen LogP contribution in [-0.4, -0.2) is 65.7 Å². The van der Waals surface area contributed by atoms with Crippen LogP contribution in [0.5, 0.6) is 0 Å². The number of imide groups is 1. The van der Waals surface area contributed by atoms with Crippen molar-refractivity contribution in [1.82, 2.24) is 25.1 Å². The number of carbonyl (C=O) groups is 2. The number of pyridine rings is 1. The van der Waals surface area contributed by atoms with Gasteiger partial charge in [0.1, 0.15) is 5.65 Å². The lowest BCUT2D eigenvalue weighted by Gasteiger charge is -2.36. The van der Waals surface area contributed by atoms with E-state index in [0.29, 0.717) is 19.0 Å². The molecule has 0 spiro atoms. The lowest BCUT2D eigenvalue weighted by atomic mass is 9.96. The Balaban J connectivity index is 1.29. The maximum Gasteiger partial charge on any atom is 0.328 e. The van der Waals surface area contributed by atoms with Gasteiger partial charge in [0.15, 0.2) is 0 Å². The highest BCUT2D eigenvalue weighted by molar-refractivity contribution is 6.06. The van der Waals surface area contributed by atoms with E-state index >= 15 is 0 Å². The number of piperidine rings is 2. The molecule has 5 heterocycles. The number of nitrogens with one attached hydrogen (secondary N) is 2. The Bertz CT molecular complexity index is 972. The molecule has 3 aliphatic heterocycles. The SMILES string of the molecule is Cc1cn(C2CCN(CC3CCNCC3)CC2)c2ncc(N3CCC(=O)NC3=O)cc12. The number of carbonyl (C=O) groups excluding carboxylic acids is 2. The number of aromatic nitrogens is 2. The van der Waals surface area contributed by atoms with Crippen LogP contribution in [0.2, 0.25) is 0 Å². The molecule has 31 heavy (non-hydrogen) atoms. The summed E-state index contributed by atoms with van der Waals surface area (Å²) in [5.74, 6) is 0.624. The maximum absolute atomic E-state index is 12.2. The molecule has 5 rings (SSSR count). The summed E-state index contributed by atoms with van der Waals surface area (Å²) in [5.41, 5.74) is 2.91. The monoisotopic (exact) mass is 424 g/mol. The highest BCUT2D eigenvalue weighted by atomic mass is 16.2. The van der Waals surface area contributed by atoms with E-state index in [9.17, 15) is 9.59 Å². The van der Waals surface area contributed by atoms with Crippen molar-refractivity contribution in [2.45, 2.75) is 45.1 Å². The molecule has 0 aromatic carbocycles. The summed E-state index contributed by atoms with van der Waals surface area (Å²) in [7, 11) is 0. The van der Waals surface area contributed by atoms with Gasteiger partial charge in [-0.05, 0) is 63.2 Å². The molecule has 0 unspecified atom stereocenters. The predicted octanol–water partition coefficient (Wildman–Crippen LogP) is 2.43. The number of likely N-dealkylation sites (tertiary alicyclic amines) is 1. The first-order valence-corrected chi connectivity index (χ1v) is 11.6. The number of amides is 3. The van der Waals surface area contributed by atoms with Crippen LogP contribution in [0.25, 0.3) is 11.0 Å². The number of aryl methyl sites for hydroxylation is 1. The number of anilines is 1. The zero-order valence-corrected chi connectivity index (χ0v) is 18.3. The lowest BCUT2D eigenvalue weighted by molar-refractivity contribution is -0.120. The van der Waals surface area contributed by atoms with Gasteiger partial charge in [-0.1, -0.05) is 0 Å². The minimum Gasteiger partial charge on any atom is -0.329 e. The summed E-state index contributed by atoms with van der Waals surface area (Å²) < 4.78 is 2.34. The van der Waals surface area contributed by atoms with Gasteiger partial charge in [0.2, 0.25) is 5.91 Å². The Morgan fingerprint density at radius 2 is 1.87 bits per heavy atom. The maximum atomic E-state index is 12.2. The minimum atomic E-state index is -0.365. The predicted molar refractivity (Wildman–Crippen MR) is 120 cm³/mol. The smallest absolute Gasteiger partial charge is 0.328 e. The summed E-state index contributed by atoms with van der Waals surface area (Å²) in [6.45, 7) is 8.36. The van der Waals surface area contributed by atoms with E-state index in [4.69, 9.17) is 4.98 Å². The van der Waals surface area contributed by atoms with Crippen molar-refractivity contribution in [2.24, 2.45) is 5.92 Å². The Kier molecular flexibility index (Phi) is 5.67. The topological polar surface area (TPSA) is 82.5 Å². The molecule has 8 nitrogen and oxygen atoms in total. The molecule has 0 bridgehead atoms. The quantitative estimate of drug-likeness (QED) is 0.788. The number of urea groups is 1. The zero-order valence-electron chi connectivity index (χ0n) is 18.3. The Labute approximate surface area is 183 Å². The summed E-state index contributed by atoms with van der Waals surface area (Å²) in [6, 6.07) is 2.14. The normalized spacial score (nSPS) is 22.3. The molecular weight excluding hydrogens is 392 g/mol.